The Hall–Kier alpha value is -1.47. The molecule has 0 saturated carbocycles. The van der Waals surface area contributed by atoms with Crippen molar-refractivity contribution in [3.8, 4) is 0 Å². The van der Waals surface area contributed by atoms with Gasteiger partial charge in [-0.15, -0.1) is 0 Å². The average Bonchev–Trinajstić information content (AvgIpc) is 2.64. The highest BCUT2D eigenvalue weighted by atomic mass is 16.5. The summed E-state index contributed by atoms with van der Waals surface area (Å²) in [5, 5.41) is 20.8. The van der Waals surface area contributed by atoms with Crippen molar-refractivity contribution in [1.29, 1.82) is 0 Å². The maximum absolute atomic E-state index is 12.8. The number of carbonyl (C=O) groups excluding carboxylic acids is 1. The maximum atomic E-state index is 12.8. The van der Waals surface area contributed by atoms with Crippen molar-refractivity contribution in [2.45, 2.75) is 45.0 Å². The Morgan fingerprint density at radius 2 is 1.89 bits per heavy atom. The van der Waals surface area contributed by atoms with Gasteiger partial charge in [-0.25, -0.2) is 0 Å². The molecule has 6 nitrogen and oxygen atoms in total. The van der Waals surface area contributed by atoms with E-state index < -0.39 is 11.5 Å². The standard InChI is InChI=1S/C21H32N2O4/c1-16-11-23(12-17(2)27-16)20(26)13-22-9-8-19(25)21(14-22,15-24)10-18-6-4-3-5-7-18/h3-7,16-17,19,24-25H,8-15H2,1-2H3/t16-,17+,19-,21+/m1/s1. The second-order valence-electron chi connectivity index (χ2n) is 8.25. The van der Waals surface area contributed by atoms with Crippen LogP contribution in [0.3, 0.4) is 0 Å². The first-order chi connectivity index (χ1) is 12.9. The highest BCUT2D eigenvalue weighted by molar-refractivity contribution is 5.78. The third-order valence-electron chi connectivity index (χ3n) is 5.81. The number of aliphatic hydroxyl groups is 2. The summed E-state index contributed by atoms with van der Waals surface area (Å²) >= 11 is 0. The minimum Gasteiger partial charge on any atom is -0.396 e. The lowest BCUT2D eigenvalue weighted by atomic mass is 9.73. The molecule has 2 saturated heterocycles. The van der Waals surface area contributed by atoms with Gasteiger partial charge in [-0.2, -0.15) is 0 Å². The van der Waals surface area contributed by atoms with E-state index >= 15 is 0 Å². The van der Waals surface area contributed by atoms with Gasteiger partial charge in [-0.3, -0.25) is 9.69 Å². The number of aliphatic hydroxyl groups excluding tert-OH is 2. The Balaban J connectivity index is 1.65. The smallest absolute Gasteiger partial charge is 0.236 e. The van der Waals surface area contributed by atoms with Crippen LogP contribution in [0.15, 0.2) is 30.3 Å². The molecule has 2 aliphatic rings. The molecule has 6 heteroatoms. The first kappa shape index (κ1) is 20.3. The number of hydrogen-bond donors (Lipinski definition) is 2. The largest absolute Gasteiger partial charge is 0.396 e. The summed E-state index contributed by atoms with van der Waals surface area (Å²) in [6.07, 6.45) is 0.696. The van der Waals surface area contributed by atoms with Crippen LogP contribution in [-0.4, -0.2) is 83.6 Å². The number of rotatable bonds is 5. The van der Waals surface area contributed by atoms with Gasteiger partial charge in [0.15, 0.2) is 0 Å². The van der Waals surface area contributed by atoms with Gasteiger partial charge in [0.2, 0.25) is 5.91 Å². The number of likely N-dealkylation sites (tertiary alicyclic amines) is 1. The van der Waals surface area contributed by atoms with Crippen molar-refractivity contribution >= 4 is 5.91 Å². The molecule has 1 amide bonds. The molecule has 1 aromatic carbocycles. The molecule has 150 valence electrons. The predicted molar refractivity (Wildman–Crippen MR) is 103 cm³/mol. The minimum atomic E-state index is -0.633. The third-order valence-corrected chi connectivity index (χ3v) is 5.81. The molecule has 1 aromatic rings. The molecule has 2 N–H and O–H groups in total. The summed E-state index contributed by atoms with van der Waals surface area (Å²) in [6, 6.07) is 9.94. The lowest BCUT2D eigenvalue weighted by Gasteiger charge is -2.46. The van der Waals surface area contributed by atoms with Crippen molar-refractivity contribution in [3.05, 3.63) is 35.9 Å². The molecule has 0 spiro atoms. The Morgan fingerprint density at radius 3 is 2.52 bits per heavy atom. The van der Waals surface area contributed by atoms with Crippen molar-refractivity contribution in [1.82, 2.24) is 9.80 Å². The van der Waals surface area contributed by atoms with Crippen LogP contribution in [0.25, 0.3) is 0 Å². The Kier molecular flexibility index (Phi) is 6.52. The molecular formula is C21H32N2O4. The number of hydrogen-bond acceptors (Lipinski definition) is 5. The second kappa shape index (κ2) is 8.69. The zero-order valence-corrected chi connectivity index (χ0v) is 16.4. The predicted octanol–water partition coefficient (Wildman–Crippen LogP) is 0.910. The monoisotopic (exact) mass is 376 g/mol. The van der Waals surface area contributed by atoms with Crippen LogP contribution in [0, 0.1) is 5.41 Å². The van der Waals surface area contributed by atoms with Gasteiger partial charge >= 0.3 is 0 Å². The van der Waals surface area contributed by atoms with E-state index in [4.69, 9.17) is 4.74 Å². The number of amides is 1. The third kappa shape index (κ3) is 4.88. The van der Waals surface area contributed by atoms with Crippen molar-refractivity contribution < 1.29 is 19.7 Å². The second-order valence-corrected chi connectivity index (χ2v) is 8.25. The van der Waals surface area contributed by atoms with E-state index in [0.29, 0.717) is 45.6 Å². The molecule has 4 atom stereocenters. The highest BCUT2D eigenvalue weighted by Crippen LogP contribution is 2.34. The molecule has 0 unspecified atom stereocenters. The van der Waals surface area contributed by atoms with Crippen LogP contribution in [0.4, 0.5) is 0 Å². The SMILES string of the molecule is C[C@@H]1CN(C(=O)CN2CC[C@@H](O)[C@@](CO)(Cc3ccccc3)C2)C[C@H](C)O1. The van der Waals surface area contributed by atoms with Crippen LogP contribution >= 0.6 is 0 Å². The first-order valence-electron chi connectivity index (χ1n) is 9.90. The molecule has 0 aliphatic carbocycles. The minimum absolute atomic E-state index is 0.0514. The number of nitrogens with zero attached hydrogens (tertiary/aromatic N) is 2. The van der Waals surface area contributed by atoms with E-state index in [0.717, 1.165) is 5.56 Å². The average molecular weight is 376 g/mol. The van der Waals surface area contributed by atoms with Gasteiger partial charge in [0.05, 0.1) is 31.5 Å². The lowest BCUT2D eigenvalue weighted by molar-refractivity contribution is -0.147. The van der Waals surface area contributed by atoms with Crippen molar-refractivity contribution in [2.24, 2.45) is 5.41 Å². The van der Waals surface area contributed by atoms with Gasteiger partial charge in [0.1, 0.15) is 0 Å². The fourth-order valence-corrected chi connectivity index (χ4v) is 4.44. The number of morpholine rings is 1. The molecule has 0 aromatic heterocycles. The van der Waals surface area contributed by atoms with Crippen LogP contribution in [0.5, 0.6) is 0 Å². The molecule has 0 radical (unpaired) electrons. The van der Waals surface area contributed by atoms with Gasteiger partial charge in [-0.1, -0.05) is 30.3 Å². The molecular weight excluding hydrogens is 344 g/mol. The fourth-order valence-electron chi connectivity index (χ4n) is 4.44. The lowest BCUT2D eigenvalue weighted by Crippen LogP contribution is -2.57. The van der Waals surface area contributed by atoms with E-state index in [-0.39, 0.29) is 24.7 Å². The Bertz CT molecular complexity index is 616. The molecule has 27 heavy (non-hydrogen) atoms. The quantitative estimate of drug-likeness (QED) is 0.799. The zero-order chi connectivity index (χ0) is 19.4. The molecule has 0 bridgehead atoms. The Labute approximate surface area is 161 Å². The summed E-state index contributed by atoms with van der Waals surface area (Å²) in [5.74, 6) is 0.0972. The number of piperidine rings is 1. The summed E-state index contributed by atoms with van der Waals surface area (Å²) in [7, 11) is 0. The topological polar surface area (TPSA) is 73.2 Å². The number of benzene rings is 1. The van der Waals surface area contributed by atoms with Crippen molar-refractivity contribution in [3.63, 3.8) is 0 Å². The summed E-state index contributed by atoms with van der Waals surface area (Å²) in [6.45, 7) is 6.62. The summed E-state index contributed by atoms with van der Waals surface area (Å²) in [5.41, 5.74) is 0.459. The number of ether oxygens (including phenoxy) is 1. The number of carbonyl (C=O) groups is 1. The van der Waals surface area contributed by atoms with Gasteiger partial charge in [0, 0.05) is 31.6 Å². The molecule has 2 heterocycles. The van der Waals surface area contributed by atoms with E-state index in [1.165, 1.54) is 0 Å². The summed E-state index contributed by atoms with van der Waals surface area (Å²) in [4.78, 5) is 16.8. The van der Waals surface area contributed by atoms with Crippen LogP contribution in [0.1, 0.15) is 25.8 Å². The van der Waals surface area contributed by atoms with Gasteiger partial charge in [-0.05, 0) is 32.3 Å². The fraction of sp³-hybridized carbons (Fsp3) is 0.667. The van der Waals surface area contributed by atoms with E-state index in [2.05, 4.69) is 4.90 Å². The van der Waals surface area contributed by atoms with Crippen molar-refractivity contribution in [2.75, 3.05) is 39.3 Å². The zero-order valence-electron chi connectivity index (χ0n) is 16.4. The van der Waals surface area contributed by atoms with Gasteiger partial charge < -0.3 is 19.8 Å². The maximum Gasteiger partial charge on any atom is 0.236 e. The normalized spacial score (nSPS) is 32.4. The van der Waals surface area contributed by atoms with E-state index in [1.807, 2.05) is 49.1 Å². The van der Waals surface area contributed by atoms with Crippen LogP contribution in [0.2, 0.25) is 0 Å². The van der Waals surface area contributed by atoms with Gasteiger partial charge in [0.25, 0.3) is 0 Å². The van der Waals surface area contributed by atoms with E-state index in [9.17, 15) is 15.0 Å². The van der Waals surface area contributed by atoms with Crippen LogP contribution < -0.4 is 0 Å². The Morgan fingerprint density at radius 1 is 1.22 bits per heavy atom. The van der Waals surface area contributed by atoms with E-state index in [1.54, 1.807) is 0 Å². The first-order valence-corrected chi connectivity index (χ1v) is 9.90. The molecule has 2 aliphatic heterocycles. The summed E-state index contributed by atoms with van der Waals surface area (Å²) < 4.78 is 5.71. The highest BCUT2D eigenvalue weighted by Gasteiger charge is 2.43. The van der Waals surface area contributed by atoms with Crippen LogP contribution in [-0.2, 0) is 16.0 Å². The molecule has 2 fully saturated rings. The molecule has 3 rings (SSSR count).